The third-order valence-electron chi connectivity index (χ3n) is 3.11. The van der Waals surface area contributed by atoms with Gasteiger partial charge in [-0.1, -0.05) is 0 Å². The van der Waals surface area contributed by atoms with Gasteiger partial charge in [-0.2, -0.15) is 20.5 Å². The fourth-order valence-electron chi connectivity index (χ4n) is 1.77. The second-order valence-corrected chi connectivity index (χ2v) is 4.48. The van der Waals surface area contributed by atoms with Gasteiger partial charge in [0.15, 0.2) is 0 Å². The standard InChI is InChI=1S/C12H18N6O/c1-8-9(2)15-17-11(8)3-4-12(19)13-6-5-10-7-14-18-16-10/h7H,3-6H2,1-2H3,(H,13,19)(H,15,17)(H,14,16,18). The third kappa shape index (κ3) is 3.64. The number of aromatic amines is 2. The van der Waals surface area contributed by atoms with Crippen LogP contribution in [0.2, 0.25) is 0 Å². The van der Waals surface area contributed by atoms with Crippen molar-refractivity contribution >= 4 is 5.91 Å². The minimum Gasteiger partial charge on any atom is -0.356 e. The molecule has 7 nitrogen and oxygen atoms in total. The van der Waals surface area contributed by atoms with Crippen molar-refractivity contribution in [3.63, 3.8) is 0 Å². The van der Waals surface area contributed by atoms with Gasteiger partial charge in [-0.05, 0) is 19.4 Å². The topological polar surface area (TPSA) is 99.4 Å². The fraction of sp³-hybridized carbons (Fsp3) is 0.500. The minimum absolute atomic E-state index is 0.0311. The quantitative estimate of drug-likeness (QED) is 0.703. The zero-order chi connectivity index (χ0) is 13.7. The number of nitrogens with one attached hydrogen (secondary N) is 3. The molecule has 2 aromatic heterocycles. The number of H-pyrrole nitrogens is 2. The van der Waals surface area contributed by atoms with Gasteiger partial charge in [-0.3, -0.25) is 9.89 Å². The van der Waals surface area contributed by atoms with E-state index in [0.29, 0.717) is 25.8 Å². The molecule has 3 N–H and O–H groups in total. The van der Waals surface area contributed by atoms with Crippen LogP contribution in [0.4, 0.5) is 0 Å². The predicted octanol–water partition coefficient (Wildman–Crippen LogP) is 0.436. The first-order valence-corrected chi connectivity index (χ1v) is 6.28. The highest BCUT2D eigenvalue weighted by Crippen LogP contribution is 2.10. The number of nitrogens with zero attached hydrogens (tertiary/aromatic N) is 3. The van der Waals surface area contributed by atoms with Crippen molar-refractivity contribution in [1.29, 1.82) is 0 Å². The Kier molecular flexibility index (Phi) is 4.27. The zero-order valence-corrected chi connectivity index (χ0v) is 11.2. The molecular formula is C12H18N6O. The van der Waals surface area contributed by atoms with E-state index in [1.807, 2.05) is 13.8 Å². The second kappa shape index (κ2) is 6.12. The summed E-state index contributed by atoms with van der Waals surface area (Å²) in [4.78, 5) is 11.7. The summed E-state index contributed by atoms with van der Waals surface area (Å²) in [6.07, 6.45) is 3.45. The van der Waals surface area contributed by atoms with Crippen LogP contribution in [0.3, 0.4) is 0 Å². The molecule has 0 atom stereocenters. The van der Waals surface area contributed by atoms with Crippen LogP contribution >= 0.6 is 0 Å². The molecule has 0 radical (unpaired) electrons. The summed E-state index contributed by atoms with van der Waals surface area (Å²) in [7, 11) is 0. The normalized spacial score (nSPS) is 10.6. The number of aromatic nitrogens is 5. The molecule has 7 heteroatoms. The Morgan fingerprint density at radius 3 is 2.79 bits per heavy atom. The van der Waals surface area contributed by atoms with Crippen LogP contribution in [0.25, 0.3) is 0 Å². The number of amides is 1. The van der Waals surface area contributed by atoms with Crippen LogP contribution in [0, 0.1) is 13.8 Å². The first-order chi connectivity index (χ1) is 9.16. The lowest BCUT2D eigenvalue weighted by molar-refractivity contribution is -0.121. The van der Waals surface area contributed by atoms with Crippen LogP contribution in [0.5, 0.6) is 0 Å². The lowest BCUT2D eigenvalue weighted by Crippen LogP contribution is -2.26. The van der Waals surface area contributed by atoms with Gasteiger partial charge in [-0.25, -0.2) is 0 Å². The molecule has 0 bridgehead atoms. The first-order valence-electron chi connectivity index (χ1n) is 6.28. The highest BCUT2D eigenvalue weighted by molar-refractivity contribution is 5.76. The monoisotopic (exact) mass is 262 g/mol. The van der Waals surface area contributed by atoms with Crippen molar-refractivity contribution in [1.82, 2.24) is 30.9 Å². The maximum Gasteiger partial charge on any atom is 0.220 e. The average molecular weight is 262 g/mol. The van der Waals surface area contributed by atoms with E-state index in [4.69, 9.17) is 0 Å². The van der Waals surface area contributed by atoms with Crippen molar-refractivity contribution in [2.24, 2.45) is 0 Å². The molecule has 2 aromatic rings. The molecule has 0 unspecified atom stereocenters. The summed E-state index contributed by atoms with van der Waals surface area (Å²) in [6, 6.07) is 0. The summed E-state index contributed by atoms with van der Waals surface area (Å²) >= 11 is 0. The number of hydrogen-bond acceptors (Lipinski definition) is 4. The SMILES string of the molecule is Cc1[nH]nc(CCC(=O)NCCc2cn[nH]n2)c1C. The number of aryl methyl sites for hydroxylation is 2. The average Bonchev–Trinajstić information content (AvgIpc) is 3.00. The molecule has 0 aliphatic carbocycles. The van der Waals surface area contributed by atoms with Gasteiger partial charge < -0.3 is 5.32 Å². The van der Waals surface area contributed by atoms with Crippen LogP contribution < -0.4 is 5.32 Å². The zero-order valence-electron chi connectivity index (χ0n) is 11.2. The van der Waals surface area contributed by atoms with Gasteiger partial charge in [0.05, 0.1) is 17.6 Å². The van der Waals surface area contributed by atoms with E-state index < -0.39 is 0 Å². The molecule has 2 rings (SSSR count). The maximum atomic E-state index is 11.7. The van der Waals surface area contributed by atoms with Gasteiger partial charge in [0, 0.05) is 31.5 Å². The highest BCUT2D eigenvalue weighted by Gasteiger charge is 2.08. The van der Waals surface area contributed by atoms with Gasteiger partial charge in [-0.15, -0.1) is 0 Å². The van der Waals surface area contributed by atoms with E-state index in [1.54, 1.807) is 6.20 Å². The van der Waals surface area contributed by atoms with E-state index in [2.05, 4.69) is 30.9 Å². The third-order valence-corrected chi connectivity index (χ3v) is 3.11. The fourth-order valence-corrected chi connectivity index (χ4v) is 1.77. The summed E-state index contributed by atoms with van der Waals surface area (Å²) in [5, 5.41) is 20.1. The lowest BCUT2D eigenvalue weighted by atomic mass is 10.1. The molecule has 1 amide bonds. The van der Waals surface area contributed by atoms with E-state index in [9.17, 15) is 4.79 Å². The Balaban J connectivity index is 1.68. The summed E-state index contributed by atoms with van der Waals surface area (Å²) in [5.41, 5.74) is 4.00. The van der Waals surface area contributed by atoms with Crippen LogP contribution in [0.15, 0.2) is 6.20 Å². The molecular weight excluding hydrogens is 244 g/mol. The molecule has 0 saturated carbocycles. The largest absolute Gasteiger partial charge is 0.356 e. The van der Waals surface area contributed by atoms with Gasteiger partial charge in [0.25, 0.3) is 0 Å². The van der Waals surface area contributed by atoms with Crippen molar-refractivity contribution < 1.29 is 4.79 Å². The number of rotatable bonds is 6. The molecule has 0 fully saturated rings. The molecule has 102 valence electrons. The van der Waals surface area contributed by atoms with Crippen molar-refractivity contribution in [3.05, 3.63) is 28.8 Å². The maximum absolute atomic E-state index is 11.7. The van der Waals surface area contributed by atoms with Crippen LogP contribution in [-0.4, -0.2) is 38.1 Å². The Morgan fingerprint density at radius 1 is 1.32 bits per heavy atom. The van der Waals surface area contributed by atoms with Gasteiger partial charge >= 0.3 is 0 Å². The predicted molar refractivity (Wildman–Crippen MR) is 69.5 cm³/mol. The molecule has 0 aromatic carbocycles. The number of hydrogen-bond donors (Lipinski definition) is 3. The number of carbonyl (C=O) groups is 1. The summed E-state index contributed by atoms with van der Waals surface area (Å²) in [6.45, 7) is 4.56. The van der Waals surface area contributed by atoms with E-state index in [0.717, 1.165) is 22.6 Å². The van der Waals surface area contributed by atoms with Gasteiger partial charge in [0.1, 0.15) is 0 Å². The van der Waals surface area contributed by atoms with Crippen LogP contribution in [-0.2, 0) is 17.6 Å². The van der Waals surface area contributed by atoms with E-state index >= 15 is 0 Å². The van der Waals surface area contributed by atoms with Gasteiger partial charge in [0.2, 0.25) is 5.91 Å². The second-order valence-electron chi connectivity index (χ2n) is 4.48. The molecule has 19 heavy (non-hydrogen) atoms. The summed E-state index contributed by atoms with van der Waals surface area (Å²) in [5.74, 6) is 0.0311. The Labute approximate surface area is 111 Å². The number of carbonyl (C=O) groups excluding carboxylic acids is 1. The Hall–Kier alpha value is -2.18. The van der Waals surface area contributed by atoms with Crippen molar-refractivity contribution in [3.8, 4) is 0 Å². The molecule has 0 saturated heterocycles. The van der Waals surface area contributed by atoms with E-state index in [-0.39, 0.29) is 5.91 Å². The highest BCUT2D eigenvalue weighted by atomic mass is 16.1. The van der Waals surface area contributed by atoms with Crippen molar-refractivity contribution in [2.45, 2.75) is 33.1 Å². The van der Waals surface area contributed by atoms with Crippen molar-refractivity contribution in [2.75, 3.05) is 6.54 Å². The smallest absolute Gasteiger partial charge is 0.220 e. The first kappa shape index (κ1) is 13.3. The Bertz CT molecular complexity index is 530. The van der Waals surface area contributed by atoms with Crippen LogP contribution in [0.1, 0.15) is 29.1 Å². The molecule has 0 spiro atoms. The minimum atomic E-state index is 0.0311. The lowest BCUT2D eigenvalue weighted by Gasteiger charge is -2.03. The van der Waals surface area contributed by atoms with E-state index in [1.165, 1.54) is 0 Å². The molecule has 0 aliphatic heterocycles. The summed E-state index contributed by atoms with van der Waals surface area (Å²) < 4.78 is 0. The Morgan fingerprint density at radius 2 is 2.16 bits per heavy atom. The molecule has 2 heterocycles. The molecule has 0 aliphatic rings.